The Morgan fingerprint density at radius 3 is 2.52 bits per heavy atom. The van der Waals surface area contributed by atoms with Gasteiger partial charge in [0.05, 0.1) is 35.9 Å². The molecule has 1 N–H and O–H groups in total. The highest BCUT2D eigenvalue weighted by Crippen LogP contribution is 2.35. The fraction of sp³-hybridized carbons (Fsp3) is 0.261. The molecule has 0 amide bonds. The number of nitriles is 1. The smallest absolute Gasteiger partial charge is 0.213 e. The Kier molecular flexibility index (Phi) is 5.74. The van der Waals surface area contributed by atoms with Crippen molar-refractivity contribution in [3.05, 3.63) is 64.3 Å². The minimum absolute atomic E-state index is 0.0548. The van der Waals surface area contributed by atoms with Gasteiger partial charge in [0.1, 0.15) is 21.3 Å². The molecule has 33 heavy (non-hydrogen) atoms. The Morgan fingerprint density at radius 2 is 1.91 bits per heavy atom. The van der Waals surface area contributed by atoms with E-state index in [0.29, 0.717) is 38.0 Å². The van der Waals surface area contributed by atoms with Crippen LogP contribution >= 0.6 is 11.3 Å². The molecule has 2 heterocycles. The Balaban J connectivity index is 1.81. The molecular weight excluding hydrogens is 460 g/mol. The number of hydrogen-bond acceptors (Lipinski definition) is 8. The van der Waals surface area contributed by atoms with E-state index in [4.69, 9.17) is 10.00 Å². The zero-order chi connectivity index (χ0) is 24.0. The summed E-state index contributed by atoms with van der Waals surface area (Å²) in [6, 6.07) is 13.4. The van der Waals surface area contributed by atoms with Crippen LogP contribution in [0.5, 0.6) is 5.75 Å². The fourth-order valence-electron chi connectivity index (χ4n) is 3.47. The van der Waals surface area contributed by atoms with Crippen LogP contribution in [0.25, 0.3) is 16.2 Å². The Morgan fingerprint density at radius 1 is 1.21 bits per heavy atom. The minimum atomic E-state index is -3.77. The second kappa shape index (κ2) is 8.26. The molecule has 0 aliphatic heterocycles. The van der Waals surface area contributed by atoms with E-state index in [1.165, 1.54) is 18.4 Å². The number of methoxy groups -OCH3 is 1. The molecule has 4 rings (SSSR count). The molecule has 0 spiro atoms. The van der Waals surface area contributed by atoms with Gasteiger partial charge < -0.3 is 9.84 Å². The summed E-state index contributed by atoms with van der Waals surface area (Å²) in [5.41, 5.74) is 1.87. The van der Waals surface area contributed by atoms with Gasteiger partial charge in [0.15, 0.2) is 9.84 Å². The van der Waals surface area contributed by atoms with Crippen LogP contribution in [-0.4, -0.2) is 35.2 Å². The molecule has 0 aliphatic rings. The van der Waals surface area contributed by atoms with Crippen molar-refractivity contribution in [1.29, 1.82) is 5.26 Å². The Bertz CT molecular complexity index is 1490. The van der Waals surface area contributed by atoms with Crippen LogP contribution in [0.1, 0.15) is 35.7 Å². The van der Waals surface area contributed by atoms with Gasteiger partial charge in [0.25, 0.3) is 0 Å². The van der Waals surface area contributed by atoms with Gasteiger partial charge in [0.2, 0.25) is 4.96 Å². The monoisotopic (exact) mass is 482 g/mol. The Hall–Kier alpha value is -3.26. The molecular formula is C23H22N4O4S2. The maximum Gasteiger partial charge on any atom is 0.213 e. The maximum absolute atomic E-state index is 13.3. The third-order valence-electron chi connectivity index (χ3n) is 5.11. The number of benzene rings is 2. The average Bonchev–Trinajstić information content (AvgIpc) is 3.30. The number of aromatic nitrogens is 3. The van der Waals surface area contributed by atoms with E-state index in [-0.39, 0.29) is 16.4 Å². The number of sulfone groups is 1. The first kappa shape index (κ1) is 22.9. The van der Waals surface area contributed by atoms with Crippen molar-refractivity contribution >= 4 is 26.1 Å². The number of aliphatic hydroxyl groups is 1. The van der Waals surface area contributed by atoms with Crippen molar-refractivity contribution in [1.82, 2.24) is 14.6 Å². The molecule has 0 aliphatic carbocycles. The molecule has 2 aromatic heterocycles. The van der Waals surface area contributed by atoms with Crippen LogP contribution in [0.2, 0.25) is 0 Å². The van der Waals surface area contributed by atoms with Crippen LogP contribution in [0.4, 0.5) is 0 Å². The van der Waals surface area contributed by atoms with Gasteiger partial charge in [-0.15, -0.1) is 0 Å². The molecule has 4 aromatic rings. The molecule has 0 radical (unpaired) electrons. The summed E-state index contributed by atoms with van der Waals surface area (Å²) in [6.45, 7) is 5.13. The zero-order valence-corrected chi connectivity index (χ0v) is 20.2. The van der Waals surface area contributed by atoms with Gasteiger partial charge in [-0.2, -0.15) is 10.4 Å². The lowest BCUT2D eigenvalue weighted by atomic mass is 10.1. The molecule has 0 saturated heterocycles. The summed E-state index contributed by atoms with van der Waals surface area (Å²) in [7, 11) is -2.34. The SMILES string of the molecule is COc1ccc(-c2c(C)nc3sc(C(C)(C)O)nn23)cc1S(=O)(=O)Cc1ccc(C#N)cc1. The van der Waals surface area contributed by atoms with Gasteiger partial charge in [-0.1, -0.05) is 23.5 Å². The van der Waals surface area contributed by atoms with Crippen molar-refractivity contribution in [3.8, 4) is 23.1 Å². The number of fused-ring (bicyclic) bond motifs is 1. The highest BCUT2D eigenvalue weighted by molar-refractivity contribution is 7.90. The van der Waals surface area contributed by atoms with Crippen molar-refractivity contribution < 1.29 is 18.3 Å². The number of imidazole rings is 1. The van der Waals surface area contributed by atoms with Crippen molar-refractivity contribution in [2.24, 2.45) is 0 Å². The van der Waals surface area contributed by atoms with E-state index in [9.17, 15) is 13.5 Å². The number of aryl methyl sites for hydroxylation is 1. The number of hydrogen-bond donors (Lipinski definition) is 1. The van der Waals surface area contributed by atoms with E-state index in [1.54, 1.807) is 60.8 Å². The van der Waals surface area contributed by atoms with Gasteiger partial charge in [-0.25, -0.2) is 17.9 Å². The summed E-state index contributed by atoms with van der Waals surface area (Å²) in [6.07, 6.45) is 0. The lowest BCUT2D eigenvalue weighted by Gasteiger charge is -2.13. The van der Waals surface area contributed by atoms with E-state index < -0.39 is 15.4 Å². The van der Waals surface area contributed by atoms with E-state index in [1.807, 2.05) is 13.0 Å². The number of ether oxygens (including phenoxy) is 1. The van der Waals surface area contributed by atoms with Crippen molar-refractivity contribution in [2.75, 3.05) is 7.11 Å². The third-order valence-corrected chi connectivity index (χ3v) is 8.04. The summed E-state index contributed by atoms with van der Waals surface area (Å²) in [4.78, 5) is 5.21. The molecule has 0 saturated carbocycles. The lowest BCUT2D eigenvalue weighted by Crippen LogP contribution is -2.15. The predicted octanol–water partition coefficient (Wildman–Crippen LogP) is 3.85. The molecule has 0 bridgehead atoms. The van der Waals surface area contributed by atoms with Crippen molar-refractivity contribution in [3.63, 3.8) is 0 Å². The first-order valence-corrected chi connectivity index (χ1v) is 12.5. The quantitative estimate of drug-likeness (QED) is 0.443. The van der Waals surface area contributed by atoms with Crippen LogP contribution < -0.4 is 4.74 Å². The highest BCUT2D eigenvalue weighted by atomic mass is 32.2. The lowest BCUT2D eigenvalue weighted by molar-refractivity contribution is 0.0773. The Labute approximate surface area is 195 Å². The first-order valence-electron chi connectivity index (χ1n) is 10.0. The summed E-state index contributed by atoms with van der Waals surface area (Å²) in [5, 5.41) is 24.3. The number of nitrogens with zero attached hydrogens (tertiary/aromatic N) is 4. The normalized spacial score (nSPS) is 12.1. The zero-order valence-electron chi connectivity index (χ0n) is 18.5. The van der Waals surface area contributed by atoms with E-state index in [0.717, 1.165) is 0 Å². The highest BCUT2D eigenvalue weighted by Gasteiger charge is 2.26. The summed E-state index contributed by atoms with van der Waals surface area (Å²) in [5.74, 6) is 0.0000514. The minimum Gasteiger partial charge on any atom is -0.495 e. The van der Waals surface area contributed by atoms with Crippen LogP contribution in [0.3, 0.4) is 0 Å². The molecule has 10 heteroatoms. The molecule has 0 fully saturated rings. The van der Waals surface area contributed by atoms with Gasteiger partial charge in [-0.3, -0.25) is 0 Å². The first-order chi connectivity index (χ1) is 15.5. The average molecular weight is 483 g/mol. The largest absolute Gasteiger partial charge is 0.495 e. The van der Waals surface area contributed by atoms with E-state index in [2.05, 4.69) is 10.1 Å². The summed E-state index contributed by atoms with van der Waals surface area (Å²) >= 11 is 1.28. The summed E-state index contributed by atoms with van der Waals surface area (Å²) < 4.78 is 33.6. The van der Waals surface area contributed by atoms with Gasteiger partial charge >= 0.3 is 0 Å². The topological polar surface area (TPSA) is 118 Å². The fourth-order valence-corrected chi connectivity index (χ4v) is 5.96. The number of rotatable bonds is 6. The molecule has 8 nitrogen and oxygen atoms in total. The molecule has 0 atom stereocenters. The predicted molar refractivity (Wildman–Crippen MR) is 125 cm³/mol. The van der Waals surface area contributed by atoms with Gasteiger partial charge in [-0.05, 0) is 56.7 Å². The molecule has 170 valence electrons. The van der Waals surface area contributed by atoms with Gasteiger partial charge in [0, 0.05) is 5.56 Å². The van der Waals surface area contributed by atoms with E-state index >= 15 is 0 Å². The molecule has 0 unspecified atom stereocenters. The maximum atomic E-state index is 13.3. The third kappa shape index (κ3) is 4.35. The van der Waals surface area contributed by atoms with Crippen molar-refractivity contribution in [2.45, 2.75) is 37.0 Å². The second-order valence-corrected chi connectivity index (χ2v) is 11.1. The van der Waals surface area contributed by atoms with Crippen LogP contribution in [0, 0.1) is 18.3 Å². The van der Waals surface area contributed by atoms with Crippen LogP contribution in [-0.2, 0) is 21.2 Å². The second-order valence-electron chi connectivity index (χ2n) is 8.14. The standard InChI is InChI=1S/C23H22N4O4S2/c1-14-20(27-22(25-14)32-21(26-27)23(2,3)28)17-9-10-18(31-4)19(11-17)33(29,30)13-16-7-5-15(12-24)6-8-16/h5-11,28H,13H2,1-4H3. The molecule has 2 aromatic carbocycles. The van der Waals surface area contributed by atoms with Crippen LogP contribution in [0.15, 0.2) is 47.4 Å².